The molecule has 0 unspecified atom stereocenters. The number of anilines is 2. The van der Waals surface area contributed by atoms with Gasteiger partial charge in [0.25, 0.3) is 5.69 Å². The smallest absolute Gasteiger partial charge is 0.343 e. The maximum atomic E-state index is 12.4. The van der Waals surface area contributed by atoms with Gasteiger partial charge in [-0.05, 0) is 30.3 Å². The summed E-state index contributed by atoms with van der Waals surface area (Å²) in [6, 6.07) is 8.68. The number of aromatic amines is 1. The van der Waals surface area contributed by atoms with Gasteiger partial charge in [-0.3, -0.25) is 25.0 Å². The van der Waals surface area contributed by atoms with Gasteiger partial charge in [-0.2, -0.15) is 9.97 Å². The molecule has 15 heteroatoms. The average molecular weight is 478 g/mol. The van der Waals surface area contributed by atoms with E-state index in [1.807, 2.05) is 0 Å². The van der Waals surface area contributed by atoms with Crippen molar-refractivity contribution >= 4 is 29.0 Å². The van der Waals surface area contributed by atoms with Crippen LogP contribution in [0.4, 0.5) is 23.0 Å². The minimum absolute atomic E-state index is 0.0388. The van der Waals surface area contributed by atoms with E-state index in [0.717, 1.165) is 12.1 Å². The number of nitrogens with zero attached hydrogens (tertiary/aromatic N) is 5. The molecule has 0 bridgehead atoms. The first kappa shape index (κ1) is 22.7. The average Bonchev–Trinajstić information content (AvgIpc) is 2.83. The van der Waals surface area contributed by atoms with Crippen LogP contribution in [0.2, 0.25) is 0 Å². The van der Waals surface area contributed by atoms with Crippen molar-refractivity contribution in [1.29, 1.82) is 0 Å². The Bertz CT molecular complexity index is 1490. The first-order chi connectivity index (χ1) is 16.7. The third-order valence-electron chi connectivity index (χ3n) is 4.65. The first-order valence-corrected chi connectivity index (χ1v) is 9.72. The normalized spacial score (nSPS) is 10.6. The minimum Gasteiger partial charge on any atom is -0.416 e. The summed E-state index contributed by atoms with van der Waals surface area (Å²) in [7, 11) is 0. The molecule has 0 amide bonds. The molecule has 2 aliphatic rings. The van der Waals surface area contributed by atoms with Crippen molar-refractivity contribution in [3.05, 3.63) is 90.5 Å². The molecular weight excluding hydrogens is 464 g/mol. The van der Waals surface area contributed by atoms with Crippen molar-refractivity contribution in [2.75, 3.05) is 11.1 Å². The van der Waals surface area contributed by atoms with E-state index < -0.39 is 38.5 Å². The Kier molecular flexibility index (Phi) is 5.96. The molecule has 15 nitrogen and oxygen atoms in total. The maximum absolute atomic E-state index is 12.4. The van der Waals surface area contributed by atoms with E-state index in [0.29, 0.717) is 17.4 Å². The van der Waals surface area contributed by atoms with Gasteiger partial charge >= 0.3 is 17.2 Å². The Labute approximate surface area is 194 Å². The van der Waals surface area contributed by atoms with Crippen LogP contribution in [-0.4, -0.2) is 35.8 Å². The lowest BCUT2D eigenvalue weighted by molar-refractivity contribution is -0.394. The highest BCUT2D eigenvalue weighted by atomic mass is 16.6. The van der Waals surface area contributed by atoms with Crippen LogP contribution in [-0.2, 0) is 6.54 Å². The summed E-state index contributed by atoms with van der Waals surface area (Å²) in [4.78, 5) is 59.2. The number of aromatic nitrogens is 4. The third-order valence-corrected chi connectivity index (χ3v) is 4.65. The van der Waals surface area contributed by atoms with Crippen LogP contribution in [0.25, 0.3) is 11.5 Å². The molecule has 0 radical (unpaired) electrons. The van der Waals surface area contributed by atoms with Gasteiger partial charge in [0.1, 0.15) is 0 Å². The van der Waals surface area contributed by atoms with E-state index >= 15 is 0 Å². The summed E-state index contributed by atoms with van der Waals surface area (Å²) in [5.41, 5.74) is 4.83. The van der Waals surface area contributed by atoms with Crippen molar-refractivity contribution < 1.29 is 19.4 Å². The number of esters is 1. The number of hydrogen-bond donors (Lipinski definition) is 3. The van der Waals surface area contributed by atoms with Gasteiger partial charge in [0, 0.05) is 18.0 Å². The van der Waals surface area contributed by atoms with E-state index in [1.54, 1.807) is 18.3 Å². The summed E-state index contributed by atoms with van der Waals surface area (Å²) in [6.07, 6.45) is 1.55. The van der Waals surface area contributed by atoms with Crippen molar-refractivity contribution in [3.63, 3.8) is 0 Å². The Morgan fingerprint density at radius 2 is 1.80 bits per heavy atom. The fraction of sp³-hybridized carbons (Fsp3) is 0.0500. The number of H-pyrrole nitrogens is 1. The zero-order valence-corrected chi connectivity index (χ0v) is 17.5. The van der Waals surface area contributed by atoms with E-state index in [1.165, 1.54) is 12.1 Å². The second-order valence-electron chi connectivity index (χ2n) is 6.96. The van der Waals surface area contributed by atoms with Crippen molar-refractivity contribution in [3.8, 4) is 17.3 Å². The second kappa shape index (κ2) is 9.18. The lowest BCUT2D eigenvalue weighted by atomic mass is 10.2. The number of carbonyl (C=O) groups excluding carboxylic acids is 1. The molecule has 0 spiro atoms. The van der Waals surface area contributed by atoms with Gasteiger partial charge in [-0.15, -0.1) is 0 Å². The van der Waals surface area contributed by atoms with Gasteiger partial charge in [-0.25, -0.2) is 9.78 Å². The molecule has 176 valence electrons. The van der Waals surface area contributed by atoms with E-state index in [2.05, 4.69) is 25.3 Å². The minimum atomic E-state index is -0.887. The Morgan fingerprint density at radius 3 is 2.49 bits per heavy atom. The van der Waals surface area contributed by atoms with Crippen LogP contribution in [0.3, 0.4) is 0 Å². The summed E-state index contributed by atoms with van der Waals surface area (Å²) in [5, 5.41) is 25.1. The van der Waals surface area contributed by atoms with E-state index in [9.17, 15) is 29.8 Å². The second-order valence-corrected chi connectivity index (χ2v) is 6.96. The number of fused-ring (bicyclic) bond motifs is 1. The van der Waals surface area contributed by atoms with Crippen molar-refractivity contribution in [2.45, 2.75) is 6.54 Å². The molecule has 2 aromatic rings. The SMILES string of the molecule is Nc1nc2[nH]cc(CNc3ccc(C(=O)Oc4ccc([N+](=O)[O-])cc4[N+](=O)[O-])cc3)nc-2c(=O)n1. The highest BCUT2D eigenvalue weighted by Gasteiger charge is 2.23. The quantitative estimate of drug-likeness (QED) is 0.150. The predicted octanol–water partition coefficient (Wildman–Crippen LogP) is 1.89. The zero-order valence-electron chi connectivity index (χ0n) is 17.5. The predicted molar refractivity (Wildman–Crippen MR) is 120 cm³/mol. The number of non-ortho nitro benzene ring substituents is 1. The fourth-order valence-electron chi connectivity index (χ4n) is 2.99. The third kappa shape index (κ3) is 4.98. The lowest BCUT2D eigenvalue weighted by Gasteiger charge is -2.09. The highest BCUT2D eigenvalue weighted by Crippen LogP contribution is 2.31. The van der Waals surface area contributed by atoms with Crippen LogP contribution in [0.15, 0.2) is 53.5 Å². The van der Waals surface area contributed by atoms with E-state index in [4.69, 9.17) is 10.5 Å². The van der Waals surface area contributed by atoms with Gasteiger partial charge in [0.15, 0.2) is 11.5 Å². The van der Waals surface area contributed by atoms with Crippen LogP contribution in [0, 0.1) is 20.2 Å². The molecular formula is C20H14N8O7. The molecule has 35 heavy (non-hydrogen) atoms. The maximum Gasteiger partial charge on any atom is 0.343 e. The largest absolute Gasteiger partial charge is 0.416 e. The lowest BCUT2D eigenvalue weighted by Crippen LogP contribution is -2.19. The molecule has 4 N–H and O–H groups in total. The molecule has 0 aliphatic carbocycles. The topological polar surface area (TPSA) is 222 Å². The summed E-state index contributed by atoms with van der Waals surface area (Å²) < 4.78 is 5.07. The summed E-state index contributed by atoms with van der Waals surface area (Å²) in [5.74, 6) is -1.26. The van der Waals surface area contributed by atoms with Crippen LogP contribution >= 0.6 is 0 Å². The monoisotopic (exact) mass is 478 g/mol. The van der Waals surface area contributed by atoms with Crippen LogP contribution < -0.4 is 21.3 Å². The number of benzene rings is 2. The number of rotatable bonds is 7. The van der Waals surface area contributed by atoms with Gasteiger partial charge in [-0.1, -0.05) is 0 Å². The number of nitrogen functional groups attached to an aromatic ring is 1. The molecule has 2 aliphatic heterocycles. The molecule has 2 heterocycles. The summed E-state index contributed by atoms with van der Waals surface area (Å²) in [6.45, 7) is 0.217. The van der Waals surface area contributed by atoms with Crippen LogP contribution in [0.5, 0.6) is 5.75 Å². The molecule has 0 saturated heterocycles. The number of nitrogens with one attached hydrogen (secondary N) is 2. The Hall–Kier alpha value is -5.47. The number of nitro benzene ring substituents is 2. The number of hydrogen-bond acceptors (Lipinski definition) is 12. The first-order valence-electron chi connectivity index (χ1n) is 9.72. The highest BCUT2D eigenvalue weighted by molar-refractivity contribution is 5.92. The van der Waals surface area contributed by atoms with Crippen molar-refractivity contribution in [2.24, 2.45) is 0 Å². The Morgan fingerprint density at radius 1 is 1.06 bits per heavy atom. The van der Waals surface area contributed by atoms with Gasteiger partial charge in [0.05, 0.1) is 33.7 Å². The standard InChI is InChI=1S/C20H14N8O7/c21-20-25-17-16(18(29)26-20)24-12(9-23-17)8-22-11-3-1-10(2-4-11)19(30)35-15-6-5-13(27(31)32)7-14(15)28(33)34/h1-7,9,22H,8H2,(H3,21,23,25,26,29). The van der Waals surface area contributed by atoms with Gasteiger partial charge < -0.3 is 20.8 Å². The molecule has 0 saturated carbocycles. The van der Waals surface area contributed by atoms with Gasteiger partial charge in [0.2, 0.25) is 11.7 Å². The number of ether oxygens (including phenoxy) is 1. The Balaban J connectivity index is 1.44. The number of carbonyl (C=O) groups is 1. The number of nitro groups is 2. The summed E-state index contributed by atoms with van der Waals surface area (Å²) >= 11 is 0. The number of nitrogens with two attached hydrogens (primary N) is 1. The molecule has 0 atom stereocenters. The fourth-order valence-corrected chi connectivity index (χ4v) is 2.99. The molecule has 4 rings (SSSR count). The van der Waals surface area contributed by atoms with Crippen LogP contribution in [0.1, 0.15) is 16.1 Å². The zero-order chi connectivity index (χ0) is 25.1. The molecule has 2 aromatic carbocycles. The molecule has 0 aromatic heterocycles. The van der Waals surface area contributed by atoms with E-state index in [-0.39, 0.29) is 29.6 Å². The molecule has 0 fully saturated rings. The van der Waals surface area contributed by atoms with Crippen molar-refractivity contribution in [1.82, 2.24) is 19.9 Å².